The Labute approximate surface area is 84.5 Å². The van der Waals surface area contributed by atoms with E-state index in [4.69, 9.17) is 28.9 Å². The Morgan fingerprint density at radius 1 is 1.00 bits per heavy atom. The van der Waals surface area contributed by atoms with Crippen molar-refractivity contribution in [3.63, 3.8) is 0 Å². The molecule has 0 saturated carbocycles. The van der Waals surface area contributed by atoms with Gasteiger partial charge in [-0.05, 0) is 18.2 Å². The summed E-state index contributed by atoms with van der Waals surface area (Å²) >= 11 is 11.6. The second-order valence-corrected chi connectivity index (χ2v) is 3.30. The molecule has 0 aliphatic rings. The number of hydrogen-bond acceptors (Lipinski definition) is 3. The van der Waals surface area contributed by atoms with Crippen LogP contribution in [0.1, 0.15) is 0 Å². The number of anilines is 1. The molecule has 0 radical (unpaired) electrons. The summed E-state index contributed by atoms with van der Waals surface area (Å²) in [5, 5.41) is 9.48. The van der Waals surface area contributed by atoms with E-state index in [2.05, 4.69) is 10.2 Å². The summed E-state index contributed by atoms with van der Waals surface area (Å²) in [6, 6.07) is 5.23. The van der Waals surface area contributed by atoms with Crippen molar-refractivity contribution in [2.75, 3.05) is 5.73 Å². The molecule has 2 N–H and O–H groups in total. The molecule has 0 saturated heterocycles. The van der Waals surface area contributed by atoms with E-state index >= 15 is 0 Å². The van der Waals surface area contributed by atoms with Gasteiger partial charge in [-0.25, -0.2) is 0 Å². The highest BCUT2D eigenvalue weighted by atomic mass is 35.5. The van der Waals surface area contributed by atoms with Crippen molar-refractivity contribution >= 4 is 39.7 Å². The maximum Gasteiger partial charge on any atom is 0.159 e. The maximum absolute atomic E-state index is 5.81. The van der Waals surface area contributed by atoms with Crippen molar-refractivity contribution in [1.82, 2.24) is 10.2 Å². The molecule has 0 aliphatic heterocycles. The van der Waals surface area contributed by atoms with Gasteiger partial charge in [0.2, 0.25) is 0 Å². The molecule has 0 atom stereocenters. The Morgan fingerprint density at radius 2 is 1.62 bits per heavy atom. The van der Waals surface area contributed by atoms with Gasteiger partial charge in [-0.3, -0.25) is 0 Å². The molecule has 1 aromatic carbocycles. The van der Waals surface area contributed by atoms with Crippen LogP contribution in [0.3, 0.4) is 0 Å². The van der Waals surface area contributed by atoms with Crippen LogP contribution in [0.4, 0.5) is 5.69 Å². The summed E-state index contributed by atoms with van der Waals surface area (Å²) in [4.78, 5) is 0. The predicted octanol–water partition coefficient (Wildman–Crippen LogP) is 2.52. The monoisotopic (exact) mass is 213 g/mol. The number of hydrogen-bond donors (Lipinski definition) is 1. The number of aromatic nitrogens is 2. The minimum absolute atomic E-state index is 0.312. The zero-order chi connectivity index (χ0) is 9.42. The van der Waals surface area contributed by atoms with Crippen LogP contribution < -0.4 is 5.73 Å². The minimum Gasteiger partial charge on any atom is -0.399 e. The first-order chi connectivity index (χ1) is 6.18. The van der Waals surface area contributed by atoms with Gasteiger partial charge in [-0.2, -0.15) is 0 Å². The molecular formula is C8H5Cl2N3. The lowest BCUT2D eigenvalue weighted by molar-refractivity contribution is 1.05. The summed E-state index contributed by atoms with van der Waals surface area (Å²) in [5.41, 5.74) is 6.22. The Hall–Kier alpha value is -1.06. The molecule has 5 heteroatoms. The molecule has 0 fully saturated rings. The molecule has 66 valence electrons. The molecule has 1 heterocycles. The normalized spacial score (nSPS) is 10.6. The fraction of sp³-hybridized carbons (Fsp3) is 0. The van der Waals surface area contributed by atoms with Gasteiger partial charge in [0.25, 0.3) is 0 Å². The first kappa shape index (κ1) is 8.53. The smallest absolute Gasteiger partial charge is 0.159 e. The van der Waals surface area contributed by atoms with Crippen LogP contribution in [0.15, 0.2) is 18.2 Å². The van der Waals surface area contributed by atoms with Gasteiger partial charge in [0.1, 0.15) is 0 Å². The molecule has 1 aromatic heterocycles. The molecule has 3 nitrogen and oxygen atoms in total. The van der Waals surface area contributed by atoms with Crippen LogP contribution >= 0.6 is 23.2 Å². The fourth-order valence-corrected chi connectivity index (χ4v) is 1.50. The third-order valence-electron chi connectivity index (χ3n) is 1.71. The third kappa shape index (κ3) is 1.41. The first-order valence-electron chi connectivity index (χ1n) is 3.55. The second kappa shape index (κ2) is 3.01. The van der Waals surface area contributed by atoms with Crippen LogP contribution in [0.5, 0.6) is 0 Å². The second-order valence-electron chi connectivity index (χ2n) is 2.59. The highest BCUT2D eigenvalue weighted by Crippen LogP contribution is 2.27. The van der Waals surface area contributed by atoms with Crippen LogP contribution in [0.25, 0.3) is 10.8 Å². The quantitative estimate of drug-likeness (QED) is 0.685. The van der Waals surface area contributed by atoms with Crippen LogP contribution in [0.2, 0.25) is 10.3 Å². The largest absolute Gasteiger partial charge is 0.399 e. The van der Waals surface area contributed by atoms with Crippen molar-refractivity contribution in [3.8, 4) is 0 Å². The van der Waals surface area contributed by atoms with Gasteiger partial charge >= 0.3 is 0 Å². The van der Waals surface area contributed by atoms with Gasteiger partial charge in [-0.1, -0.05) is 23.2 Å². The Kier molecular flexibility index (Phi) is 1.98. The van der Waals surface area contributed by atoms with Crippen molar-refractivity contribution < 1.29 is 0 Å². The van der Waals surface area contributed by atoms with E-state index in [1.165, 1.54) is 0 Å². The molecule has 0 unspecified atom stereocenters. The van der Waals surface area contributed by atoms with Gasteiger partial charge in [0.05, 0.1) is 0 Å². The SMILES string of the molecule is Nc1ccc2c(Cl)nnc(Cl)c2c1. The van der Waals surface area contributed by atoms with Gasteiger partial charge in [0, 0.05) is 16.5 Å². The molecule has 2 rings (SSSR count). The van der Waals surface area contributed by atoms with Crippen molar-refractivity contribution in [2.24, 2.45) is 0 Å². The number of nitrogens with zero attached hydrogens (tertiary/aromatic N) is 2. The zero-order valence-electron chi connectivity index (χ0n) is 6.46. The summed E-state index contributed by atoms with van der Waals surface area (Å²) in [5.74, 6) is 0. The average molecular weight is 214 g/mol. The van der Waals surface area contributed by atoms with E-state index in [9.17, 15) is 0 Å². The lowest BCUT2D eigenvalue weighted by Crippen LogP contribution is -1.89. The fourth-order valence-electron chi connectivity index (χ4n) is 1.11. The van der Waals surface area contributed by atoms with E-state index in [0.717, 1.165) is 10.8 Å². The third-order valence-corrected chi connectivity index (χ3v) is 2.27. The van der Waals surface area contributed by atoms with Crippen molar-refractivity contribution in [3.05, 3.63) is 28.5 Å². The minimum atomic E-state index is 0.312. The Balaban J connectivity index is 2.92. The summed E-state index contributed by atoms with van der Waals surface area (Å²) in [6.07, 6.45) is 0. The molecule has 0 bridgehead atoms. The number of fused-ring (bicyclic) bond motifs is 1. The van der Waals surface area contributed by atoms with E-state index in [0.29, 0.717) is 16.0 Å². The van der Waals surface area contributed by atoms with Gasteiger partial charge < -0.3 is 5.73 Å². The number of nitrogen functional groups attached to an aromatic ring is 1. The Morgan fingerprint density at radius 3 is 2.31 bits per heavy atom. The molecule has 0 amide bonds. The molecule has 0 aliphatic carbocycles. The van der Waals surface area contributed by atoms with Crippen molar-refractivity contribution in [2.45, 2.75) is 0 Å². The van der Waals surface area contributed by atoms with Crippen molar-refractivity contribution in [1.29, 1.82) is 0 Å². The number of rotatable bonds is 0. The number of benzene rings is 1. The lowest BCUT2D eigenvalue weighted by atomic mass is 10.2. The van der Waals surface area contributed by atoms with Crippen LogP contribution in [-0.2, 0) is 0 Å². The molecule has 0 spiro atoms. The molecule has 2 aromatic rings. The summed E-state index contributed by atoms with van der Waals surface area (Å²) < 4.78 is 0. The van der Waals surface area contributed by atoms with Crippen LogP contribution in [0, 0.1) is 0 Å². The first-order valence-corrected chi connectivity index (χ1v) is 4.31. The molecular weight excluding hydrogens is 209 g/mol. The number of nitrogens with two attached hydrogens (primary N) is 1. The maximum atomic E-state index is 5.81. The Bertz CT molecular complexity index is 470. The van der Waals surface area contributed by atoms with Gasteiger partial charge in [-0.15, -0.1) is 10.2 Å². The van der Waals surface area contributed by atoms with Gasteiger partial charge in [0.15, 0.2) is 10.3 Å². The van der Waals surface area contributed by atoms with Crippen LogP contribution in [-0.4, -0.2) is 10.2 Å². The topological polar surface area (TPSA) is 51.8 Å². The average Bonchev–Trinajstić information content (AvgIpc) is 2.12. The molecule has 13 heavy (non-hydrogen) atoms. The summed E-state index contributed by atoms with van der Waals surface area (Å²) in [6.45, 7) is 0. The lowest BCUT2D eigenvalue weighted by Gasteiger charge is -2.01. The van der Waals surface area contributed by atoms with E-state index in [-0.39, 0.29) is 0 Å². The zero-order valence-corrected chi connectivity index (χ0v) is 7.97. The highest BCUT2D eigenvalue weighted by Gasteiger charge is 2.05. The standard InChI is InChI=1S/C8H5Cl2N3/c9-7-5-2-1-4(11)3-6(5)8(10)13-12-7/h1-3H,11H2. The van der Waals surface area contributed by atoms with E-state index in [1.54, 1.807) is 18.2 Å². The summed E-state index contributed by atoms with van der Waals surface area (Å²) in [7, 11) is 0. The highest BCUT2D eigenvalue weighted by molar-refractivity contribution is 6.38. The number of halogens is 2. The predicted molar refractivity (Wildman–Crippen MR) is 54.0 cm³/mol. The van der Waals surface area contributed by atoms with E-state index in [1.807, 2.05) is 0 Å². The van der Waals surface area contributed by atoms with E-state index < -0.39 is 0 Å².